The van der Waals surface area contributed by atoms with Crippen molar-refractivity contribution in [3.63, 3.8) is 0 Å². The summed E-state index contributed by atoms with van der Waals surface area (Å²) >= 11 is 1.40. The van der Waals surface area contributed by atoms with Crippen LogP contribution < -0.4 is 5.32 Å². The van der Waals surface area contributed by atoms with E-state index in [2.05, 4.69) is 10.3 Å². The van der Waals surface area contributed by atoms with Gasteiger partial charge in [-0.15, -0.1) is 11.3 Å². The van der Waals surface area contributed by atoms with E-state index in [0.717, 1.165) is 23.3 Å². The molecule has 0 saturated carbocycles. The van der Waals surface area contributed by atoms with E-state index in [1.807, 2.05) is 6.07 Å². The molecule has 6 heteroatoms. The van der Waals surface area contributed by atoms with E-state index in [1.165, 1.54) is 23.5 Å². The predicted molar refractivity (Wildman–Crippen MR) is 78.9 cm³/mol. The summed E-state index contributed by atoms with van der Waals surface area (Å²) in [4.78, 5) is 17.1. The highest BCUT2D eigenvalue weighted by molar-refractivity contribution is 7.15. The van der Waals surface area contributed by atoms with Gasteiger partial charge in [-0.05, 0) is 30.5 Å². The quantitative estimate of drug-likeness (QED) is 0.945. The molecule has 1 atom stereocenters. The maximum atomic E-state index is 13.1. The van der Waals surface area contributed by atoms with Crippen molar-refractivity contribution < 1.29 is 13.9 Å². The molecule has 2 aromatic rings. The summed E-state index contributed by atoms with van der Waals surface area (Å²) in [7, 11) is 0. The Kier molecular flexibility index (Phi) is 4.26. The molecule has 1 N–H and O–H groups in total. The fraction of sp³-hybridized carbons (Fsp3) is 0.333. The van der Waals surface area contributed by atoms with E-state index in [1.54, 1.807) is 12.3 Å². The van der Waals surface area contributed by atoms with Crippen molar-refractivity contribution in [1.82, 2.24) is 4.98 Å². The second kappa shape index (κ2) is 6.32. The van der Waals surface area contributed by atoms with Crippen LogP contribution in [0.2, 0.25) is 0 Å². The largest absolute Gasteiger partial charge is 0.368 e. The van der Waals surface area contributed by atoms with Crippen molar-refractivity contribution in [1.29, 1.82) is 0 Å². The summed E-state index contributed by atoms with van der Waals surface area (Å²) < 4.78 is 18.5. The molecule has 1 aromatic carbocycles. The summed E-state index contributed by atoms with van der Waals surface area (Å²) in [6.45, 7) is 0.640. The van der Waals surface area contributed by atoms with E-state index < -0.39 is 0 Å². The zero-order valence-corrected chi connectivity index (χ0v) is 12.2. The van der Waals surface area contributed by atoms with Crippen LogP contribution in [0.1, 0.15) is 23.3 Å². The Bertz CT molecular complexity index is 638. The molecule has 3 rings (SSSR count). The fourth-order valence-electron chi connectivity index (χ4n) is 2.27. The second-order valence-corrected chi connectivity index (χ2v) is 6.04. The molecule has 1 aliphatic heterocycles. The average Bonchev–Trinajstić information content (AvgIpc) is 3.10. The third kappa shape index (κ3) is 3.65. The van der Waals surface area contributed by atoms with Crippen molar-refractivity contribution in [2.45, 2.75) is 25.4 Å². The van der Waals surface area contributed by atoms with Crippen LogP contribution in [0.15, 0.2) is 30.5 Å². The van der Waals surface area contributed by atoms with Gasteiger partial charge in [-0.1, -0.05) is 12.1 Å². The first-order valence-corrected chi connectivity index (χ1v) is 7.64. The number of amides is 1. The Hall–Kier alpha value is -1.79. The van der Waals surface area contributed by atoms with Gasteiger partial charge in [0.2, 0.25) is 0 Å². The number of carbonyl (C=O) groups is 1. The lowest BCUT2D eigenvalue weighted by atomic mass is 10.1. The summed E-state index contributed by atoms with van der Waals surface area (Å²) in [5, 5.41) is 3.33. The SMILES string of the molecule is O=C(Nc1ncc(Cc2cccc(F)c2)s1)C1CCCO1. The number of benzene rings is 1. The summed E-state index contributed by atoms with van der Waals surface area (Å²) in [5.41, 5.74) is 0.885. The number of carbonyl (C=O) groups excluding carboxylic acids is 1. The standard InChI is InChI=1S/C15H15FN2O2S/c16-11-4-1-3-10(7-11)8-12-9-17-15(21-12)18-14(19)13-5-2-6-20-13/h1,3-4,7,9,13H,2,5-6,8H2,(H,17,18,19). The third-order valence-electron chi connectivity index (χ3n) is 3.27. The molecule has 1 amide bonds. The van der Waals surface area contributed by atoms with Gasteiger partial charge in [0.1, 0.15) is 11.9 Å². The number of nitrogens with one attached hydrogen (secondary N) is 1. The molecule has 0 spiro atoms. The van der Waals surface area contributed by atoms with Crippen molar-refractivity contribution in [2.75, 3.05) is 11.9 Å². The number of halogens is 1. The lowest BCUT2D eigenvalue weighted by molar-refractivity contribution is -0.124. The minimum absolute atomic E-state index is 0.140. The van der Waals surface area contributed by atoms with Gasteiger partial charge in [-0.2, -0.15) is 0 Å². The molecule has 1 aliphatic rings. The number of aromatic nitrogens is 1. The maximum Gasteiger partial charge on any atom is 0.255 e. The second-order valence-electron chi connectivity index (χ2n) is 4.93. The van der Waals surface area contributed by atoms with Gasteiger partial charge < -0.3 is 4.74 Å². The van der Waals surface area contributed by atoms with Crippen LogP contribution in [0.25, 0.3) is 0 Å². The zero-order valence-electron chi connectivity index (χ0n) is 11.3. The highest BCUT2D eigenvalue weighted by atomic mass is 32.1. The Balaban J connectivity index is 1.62. The summed E-state index contributed by atoms with van der Waals surface area (Å²) in [6, 6.07) is 6.48. The Labute approximate surface area is 126 Å². The zero-order chi connectivity index (χ0) is 14.7. The number of rotatable bonds is 4. The minimum Gasteiger partial charge on any atom is -0.368 e. The molecular formula is C15H15FN2O2S. The van der Waals surface area contributed by atoms with Gasteiger partial charge >= 0.3 is 0 Å². The van der Waals surface area contributed by atoms with E-state index in [0.29, 0.717) is 18.2 Å². The molecule has 1 aromatic heterocycles. The average molecular weight is 306 g/mol. The third-order valence-corrected chi connectivity index (χ3v) is 4.19. The molecule has 1 unspecified atom stereocenters. The van der Waals surface area contributed by atoms with E-state index in [4.69, 9.17) is 4.74 Å². The molecule has 21 heavy (non-hydrogen) atoms. The van der Waals surface area contributed by atoms with Crippen molar-refractivity contribution in [3.05, 3.63) is 46.7 Å². The molecule has 0 aliphatic carbocycles. The van der Waals surface area contributed by atoms with Crippen LogP contribution in [0.4, 0.5) is 9.52 Å². The van der Waals surface area contributed by atoms with Gasteiger partial charge in [0, 0.05) is 24.1 Å². The smallest absolute Gasteiger partial charge is 0.255 e. The number of nitrogens with zero attached hydrogens (tertiary/aromatic N) is 1. The van der Waals surface area contributed by atoms with Crippen LogP contribution in [0.3, 0.4) is 0 Å². The summed E-state index contributed by atoms with van der Waals surface area (Å²) in [6.07, 6.45) is 3.63. The van der Waals surface area contributed by atoms with Gasteiger partial charge in [0.25, 0.3) is 5.91 Å². The molecule has 0 bridgehead atoms. The van der Waals surface area contributed by atoms with E-state index in [-0.39, 0.29) is 17.8 Å². The van der Waals surface area contributed by atoms with Crippen LogP contribution in [-0.4, -0.2) is 23.6 Å². The number of thiazole rings is 1. The molecular weight excluding hydrogens is 291 g/mol. The van der Waals surface area contributed by atoms with Crippen LogP contribution >= 0.6 is 11.3 Å². The van der Waals surface area contributed by atoms with E-state index >= 15 is 0 Å². The molecule has 1 saturated heterocycles. The number of hydrogen-bond donors (Lipinski definition) is 1. The monoisotopic (exact) mass is 306 g/mol. The van der Waals surface area contributed by atoms with Gasteiger partial charge in [-0.3, -0.25) is 10.1 Å². The molecule has 2 heterocycles. The number of hydrogen-bond acceptors (Lipinski definition) is 4. The van der Waals surface area contributed by atoms with Gasteiger partial charge in [-0.25, -0.2) is 9.37 Å². The Morgan fingerprint density at radius 3 is 3.19 bits per heavy atom. The molecule has 0 radical (unpaired) electrons. The topological polar surface area (TPSA) is 51.2 Å². The van der Waals surface area contributed by atoms with Crippen molar-refractivity contribution in [2.24, 2.45) is 0 Å². The normalized spacial score (nSPS) is 17.9. The fourth-order valence-corrected chi connectivity index (χ4v) is 3.12. The number of anilines is 1. The van der Waals surface area contributed by atoms with E-state index in [9.17, 15) is 9.18 Å². The van der Waals surface area contributed by atoms with Gasteiger partial charge in [0.05, 0.1) is 0 Å². The molecule has 1 fully saturated rings. The maximum absolute atomic E-state index is 13.1. The van der Waals surface area contributed by atoms with Crippen molar-refractivity contribution >= 4 is 22.4 Å². The van der Waals surface area contributed by atoms with Crippen LogP contribution in [0, 0.1) is 5.82 Å². The predicted octanol–water partition coefficient (Wildman–Crippen LogP) is 2.99. The molecule has 4 nitrogen and oxygen atoms in total. The van der Waals surface area contributed by atoms with Crippen molar-refractivity contribution in [3.8, 4) is 0 Å². The lowest BCUT2D eigenvalue weighted by Gasteiger charge is -2.07. The first-order chi connectivity index (χ1) is 10.2. The first kappa shape index (κ1) is 14.2. The van der Waals surface area contributed by atoms with Crippen LogP contribution in [0.5, 0.6) is 0 Å². The minimum atomic E-state index is -0.361. The Morgan fingerprint density at radius 1 is 1.52 bits per heavy atom. The molecule has 110 valence electrons. The highest BCUT2D eigenvalue weighted by Crippen LogP contribution is 2.22. The lowest BCUT2D eigenvalue weighted by Crippen LogP contribution is -2.26. The first-order valence-electron chi connectivity index (χ1n) is 6.82. The summed E-state index contributed by atoms with van der Waals surface area (Å²) in [5.74, 6) is -0.386. The van der Waals surface area contributed by atoms with Gasteiger partial charge in [0.15, 0.2) is 5.13 Å². The number of ether oxygens (including phenoxy) is 1. The van der Waals surface area contributed by atoms with Crippen LogP contribution in [-0.2, 0) is 16.0 Å². The Morgan fingerprint density at radius 2 is 2.43 bits per heavy atom. The highest BCUT2D eigenvalue weighted by Gasteiger charge is 2.24.